The van der Waals surface area contributed by atoms with Crippen molar-refractivity contribution in [2.24, 2.45) is 5.73 Å². The summed E-state index contributed by atoms with van der Waals surface area (Å²) in [5, 5.41) is 2.38. The Morgan fingerprint density at radius 2 is 1.86 bits per heavy atom. The van der Waals surface area contributed by atoms with Crippen molar-refractivity contribution in [2.45, 2.75) is 25.4 Å². The highest BCUT2D eigenvalue weighted by Gasteiger charge is 2.25. The van der Waals surface area contributed by atoms with E-state index >= 15 is 0 Å². The zero-order valence-corrected chi connectivity index (χ0v) is 18.6. The Hall–Kier alpha value is -1.84. The second kappa shape index (κ2) is 11.9. The van der Waals surface area contributed by atoms with Gasteiger partial charge < -0.3 is 11.1 Å². The lowest BCUT2D eigenvalue weighted by Gasteiger charge is -2.22. The maximum Gasteiger partial charge on any atom is 0.240 e. The van der Waals surface area contributed by atoms with Crippen LogP contribution in [0.15, 0.2) is 72.3 Å². The first-order valence-corrected chi connectivity index (χ1v) is 12.2. The van der Waals surface area contributed by atoms with Crippen LogP contribution in [-0.2, 0) is 16.0 Å². The lowest BCUT2D eigenvalue weighted by atomic mass is 10.0. The summed E-state index contributed by atoms with van der Waals surface area (Å²) in [4.78, 5) is 21.1. The Morgan fingerprint density at radius 1 is 1.25 bits per heavy atom. The Kier molecular flexibility index (Phi) is 9.52. The molecule has 0 aliphatic carbocycles. The molecule has 148 valence electrons. The summed E-state index contributed by atoms with van der Waals surface area (Å²) in [5.74, 6) is -0.527. The van der Waals surface area contributed by atoms with Gasteiger partial charge in [0.2, 0.25) is 12.3 Å². The fraction of sp³-hybridized carbons (Fsp3) is 0.238. The number of benzene rings is 2. The van der Waals surface area contributed by atoms with Crippen molar-refractivity contribution in [3.8, 4) is 0 Å². The van der Waals surface area contributed by atoms with Gasteiger partial charge in [0.1, 0.15) is 6.04 Å². The van der Waals surface area contributed by atoms with Gasteiger partial charge >= 0.3 is 0 Å². The van der Waals surface area contributed by atoms with Crippen molar-refractivity contribution in [1.29, 1.82) is 0 Å². The van der Waals surface area contributed by atoms with E-state index in [1.807, 2.05) is 30.3 Å². The zero-order chi connectivity index (χ0) is 20.4. The van der Waals surface area contributed by atoms with E-state index in [2.05, 4.69) is 74.2 Å². The smallest absolute Gasteiger partial charge is 0.240 e. The highest BCUT2D eigenvalue weighted by Crippen LogP contribution is 2.39. The molecule has 2 amide bonds. The quantitative estimate of drug-likeness (QED) is 0.258. The van der Waals surface area contributed by atoms with Crippen molar-refractivity contribution in [3.63, 3.8) is 0 Å². The van der Waals surface area contributed by atoms with E-state index in [0.717, 1.165) is 12.1 Å². The van der Waals surface area contributed by atoms with Gasteiger partial charge in [-0.2, -0.15) is 0 Å². The molecule has 0 saturated carbocycles. The second-order valence-electron chi connectivity index (χ2n) is 6.36. The molecule has 1 aliphatic rings. The number of carbonyl (C=O) groups is 2. The van der Waals surface area contributed by atoms with Crippen LogP contribution in [0.3, 0.4) is 0 Å². The van der Waals surface area contributed by atoms with Crippen molar-refractivity contribution >= 4 is 42.6 Å². The van der Waals surface area contributed by atoms with Crippen LogP contribution < -0.4 is 11.1 Å². The lowest BCUT2D eigenvalue weighted by Crippen LogP contribution is -2.42. The predicted molar refractivity (Wildman–Crippen MR) is 124 cm³/mol. The number of primary amides is 1. The van der Waals surface area contributed by atoms with Gasteiger partial charge in [0.15, 0.2) is 0 Å². The minimum atomic E-state index is -0.630. The average molecular weight is 509 g/mol. The molecule has 0 radical (unpaired) electrons. The molecule has 0 spiro atoms. The fourth-order valence-electron chi connectivity index (χ4n) is 2.98. The summed E-state index contributed by atoms with van der Waals surface area (Å²) < 4.78 is 2.39. The highest BCUT2D eigenvalue weighted by atomic mass is 127. The topological polar surface area (TPSA) is 75.4 Å². The molecule has 2 aromatic rings. The van der Waals surface area contributed by atoms with Gasteiger partial charge in [-0.15, -0.1) is 0 Å². The summed E-state index contributed by atoms with van der Waals surface area (Å²) in [5.41, 5.74) is 8.92. The van der Waals surface area contributed by atoms with E-state index in [1.54, 1.807) is 9.12 Å². The van der Waals surface area contributed by atoms with Crippen molar-refractivity contribution < 1.29 is 9.59 Å². The number of nitrogens with two attached hydrogens (primary N) is 1. The molecular weight excluding hydrogens is 485 g/mol. The van der Waals surface area contributed by atoms with E-state index < -0.39 is 11.9 Å². The van der Waals surface area contributed by atoms with Crippen LogP contribution in [0, 0.1) is 0 Å². The molecule has 3 rings (SSSR count). The molecule has 0 saturated heterocycles. The molecule has 0 bridgehead atoms. The standard InChI is InChI=1S/C11H12INS.C10H12N2O2/c1-9-7-8-13(14-12)11(9)10-5-3-2-4-6-10;11-10(14)9(12-7-13)6-8-4-2-1-3-5-8/h2-7,11H,8H2,1H3;1-5,7,9H,6H2,(H2,11,14)(H,12,13). The molecule has 3 N–H and O–H groups in total. The Morgan fingerprint density at radius 3 is 2.39 bits per heavy atom. The van der Waals surface area contributed by atoms with Crippen LogP contribution in [0.5, 0.6) is 0 Å². The SMILES string of the molecule is CC1=CCN(SI)C1c1ccccc1.NC(=O)C(Cc1ccccc1)NC=O. The molecule has 0 fully saturated rings. The number of hydrogen-bond acceptors (Lipinski definition) is 4. The third-order valence-corrected chi connectivity index (χ3v) is 6.47. The Bertz CT molecular complexity index is 787. The second-order valence-corrected chi connectivity index (χ2v) is 8.15. The molecule has 1 aliphatic heterocycles. The number of rotatable bonds is 7. The van der Waals surface area contributed by atoms with Gasteiger partial charge in [-0.1, -0.05) is 72.3 Å². The minimum absolute atomic E-state index is 0.426. The van der Waals surface area contributed by atoms with Crippen molar-refractivity contribution in [2.75, 3.05) is 6.54 Å². The fourth-order valence-corrected chi connectivity index (χ4v) is 4.65. The van der Waals surface area contributed by atoms with Crippen molar-refractivity contribution in [3.05, 3.63) is 83.4 Å². The van der Waals surface area contributed by atoms with Gasteiger partial charge in [0.25, 0.3) is 0 Å². The third-order valence-electron chi connectivity index (χ3n) is 4.41. The summed E-state index contributed by atoms with van der Waals surface area (Å²) in [6, 6.07) is 19.9. The molecule has 1 heterocycles. The highest BCUT2D eigenvalue weighted by molar-refractivity contribution is 14.2. The molecule has 2 atom stereocenters. The van der Waals surface area contributed by atoms with E-state index in [0.29, 0.717) is 18.9 Å². The Labute approximate surface area is 182 Å². The molecule has 0 aromatic heterocycles. The van der Waals surface area contributed by atoms with Crippen LogP contribution in [0.2, 0.25) is 0 Å². The normalized spacial score (nSPS) is 17.1. The number of nitrogens with one attached hydrogen (secondary N) is 1. The first kappa shape index (κ1) is 22.4. The molecule has 28 heavy (non-hydrogen) atoms. The van der Waals surface area contributed by atoms with Crippen LogP contribution in [-0.4, -0.2) is 29.2 Å². The van der Waals surface area contributed by atoms with Crippen LogP contribution in [0.4, 0.5) is 0 Å². The minimum Gasteiger partial charge on any atom is -0.368 e. The largest absolute Gasteiger partial charge is 0.368 e. The number of carbonyl (C=O) groups excluding carboxylic acids is 2. The van der Waals surface area contributed by atoms with Gasteiger partial charge in [-0.3, -0.25) is 9.59 Å². The molecule has 2 unspecified atom stereocenters. The van der Waals surface area contributed by atoms with E-state index in [9.17, 15) is 9.59 Å². The third kappa shape index (κ3) is 6.65. The first-order chi connectivity index (χ1) is 13.6. The summed E-state index contributed by atoms with van der Waals surface area (Å²) in [6.07, 6.45) is 3.22. The average Bonchev–Trinajstić information content (AvgIpc) is 3.10. The summed E-state index contributed by atoms with van der Waals surface area (Å²) in [6.45, 7) is 3.27. The number of nitrogens with zero attached hydrogens (tertiary/aromatic N) is 1. The summed E-state index contributed by atoms with van der Waals surface area (Å²) >= 11 is 2.35. The molecule has 7 heteroatoms. The first-order valence-electron chi connectivity index (χ1n) is 8.86. The predicted octanol–water partition coefficient (Wildman–Crippen LogP) is 3.82. The van der Waals surface area contributed by atoms with Gasteiger partial charge in [-0.05, 0) is 27.2 Å². The van der Waals surface area contributed by atoms with Crippen molar-refractivity contribution in [1.82, 2.24) is 9.62 Å². The van der Waals surface area contributed by atoms with Gasteiger partial charge in [0, 0.05) is 34.2 Å². The van der Waals surface area contributed by atoms with Crippen LogP contribution in [0.1, 0.15) is 24.1 Å². The van der Waals surface area contributed by atoms with E-state index in [1.165, 1.54) is 11.1 Å². The van der Waals surface area contributed by atoms with E-state index in [4.69, 9.17) is 5.73 Å². The van der Waals surface area contributed by atoms with E-state index in [-0.39, 0.29) is 0 Å². The molecular formula is C21H24IN3O2S. The maximum atomic E-state index is 10.9. The van der Waals surface area contributed by atoms with Gasteiger partial charge in [-0.25, -0.2) is 4.31 Å². The Balaban J connectivity index is 0.000000200. The zero-order valence-electron chi connectivity index (χ0n) is 15.6. The summed E-state index contributed by atoms with van der Waals surface area (Å²) in [7, 11) is 1.79. The monoisotopic (exact) mass is 509 g/mol. The van der Waals surface area contributed by atoms with Gasteiger partial charge in [0.05, 0.1) is 6.04 Å². The maximum absolute atomic E-state index is 10.9. The molecule has 2 aromatic carbocycles. The number of amides is 2. The van der Waals surface area contributed by atoms with Crippen LogP contribution >= 0.6 is 30.3 Å². The van der Waals surface area contributed by atoms with Crippen LogP contribution in [0.25, 0.3) is 0 Å². The number of hydrogen-bond donors (Lipinski definition) is 2. The number of halogens is 1. The molecule has 5 nitrogen and oxygen atoms in total. The lowest BCUT2D eigenvalue weighted by molar-refractivity contribution is -0.122.